The van der Waals surface area contributed by atoms with Gasteiger partial charge in [-0.15, -0.1) is 0 Å². The standard InChI is InChI=1S/C23H26N2O6/c1-13-4-5-16-15(10-13)21-17(26)11-14(12-18(21)31-23(16,2)3)22(30)25-8-6-19(27)24-9-7-20(28)29/h4-5,10-12,26H,6-9H2,1-3H3,(H,24,27)(H,25,30)(H,28,29). The van der Waals surface area contributed by atoms with Crippen LogP contribution < -0.4 is 15.4 Å². The summed E-state index contributed by atoms with van der Waals surface area (Å²) in [5.74, 6) is -1.44. The van der Waals surface area contributed by atoms with E-state index < -0.39 is 17.5 Å². The molecule has 0 saturated heterocycles. The molecule has 1 heterocycles. The van der Waals surface area contributed by atoms with E-state index >= 15 is 0 Å². The summed E-state index contributed by atoms with van der Waals surface area (Å²) >= 11 is 0. The van der Waals surface area contributed by atoms with Crippen molar-refractivity contribution in [2.75, 3.05) is 13.1 Å². The molecule has 0 saturated carbocycles. The maximum Gasteiger partial charge on any atom is 0.305 e. The number of amides is 2. The number of hydrogen-bond donors (Lipinski definition) is 4. The summed E-state index contributed by atoms with van der Waals surface area (Å²) in [6.07, 6.45) is -0.149. The van der Waals surface area contributed by atoms with Gasteiger partial charge in [-0.05, 0) is 38.5 Å². The van der Waals surface area contributed by atoms with Crippen molar-refractivity contribution in [3.05, 3.63) is 47.0 Å². The minimum absolute atomic E-state index is 0.0124. The van der Waals surface area contributed by atoms with E-state index in [1.165, 1.54) is 6.07 Å². The highest BCUT2D eigenvalue weighted by Gasteiger charge is 2.34. The number of benzene rings is 2. The van der Waals surface area contributed by atoms with Crippen LogP contribution in [0.2, 0.25) is 0 Å². The summed E-state index contributed by atoms with van der Waals surface area (Å²) in [6.45, 7) is 5.94. The SMILES string of the molecule is Cc1ccc2c(c1)-c1c(O)cc(C(=O)NCCC(=O)NCCC(=O)O)cc1OC2(C)C. The number of carbonyl (C=O) groups is 3. The van der Waals surface area contributed by atoms with Gasteiger partial charge in [0, 0.05) is 30.6 Å². The molecular formula is C23H26N2O6. The topological polar surface area (TPSA) is 125 Å². The fourth-order valence-electron chi connectivity index (χ4n) is 3.59. The number of rotatable bonds is 7. The average Bonchev–Trinajstić information content (AvgIpc) is 2.66. The highest BCUT2D eigenvalue weighted by Crippen LogP contribution is 2.49. The molecule has 3 rings (SSSR count). The third-order valence-electron chi connectivity index (χ3n) is 5.10. The van der Waals surface area contributed by atoms with Crippen molar-refractivity contribution in [2.24, 2.45) is 0 Å². The van der Waals surface area contributed by atoms with E-state index in [4.69, 9.17) is 9.84 Å². The number of fused-ring (bicyclic) bond motifs is 3. The maximum atomic E-state index is 12.5. The number of phenols is 1. The van der Waals surface area contributed by atoms with Crippen LogP contribution in [0.15, 0.2) is 30.3 Å². The molecule has 8 nitrogen and oxygen atoms in total. The molecule has 2 aromatic carbocycles. The molecule has 2 amide bonds. The normalized spacial score (nSPS) is 13.4. The van der Waals surface area contributed by atoms with Gasteiger partial charge in [-0.2, -0.15) is 0 Å². The monoisotopic (exact) mass is 426 g/mol. The molecule has 0 unspecified atom stereocenters. The summed E-state index contributed by atoms with van der Waals surface area (Å²) in [5.41, 5.74) is 3.00. The predicted octanol–water partition coefficient (Wildman–Crippen LogP) is 2.71. The van der Waals surface area contributed by atoms with E-state index in [-0.39, 0.29) is 43.2 Å². The zero-order chi connectivity index (χ0) is 22.8. The molecule has 0 atom stereocenters. The Hall–Kier alpha value is -3.55. The Morgan fingerprint density at radius 2 is 1.74 bits per heavy atom. The first-order valence-electron chi connectivity index (χ1n) is 10.0. The maximum absolute atomic E-state index is 12.5. The van der Waals surface area contributed by atoms with E-state index in [1.54, 1.807) is 6.07 Å². The van der Waals surface area contributed by atoms with Gasteiger partial charge in [-0.1, -0.05) is 23.8 Å². The lowest BCUT2D eigenvalue weighted by Crippen LogP contribution is -2.32. The third kappa shape index (κ3) is 4.96. The fraction of sp³-hybridized carbons (Fsp3) is 0.348. The number of aliphatic carboxylic acids is 1. The van der Waals surface area contributed by atoms with Gasteiger partial charge in [-0.25, -0.2) is 0 Å². The van der Waals surface area contributed by atoms with Gasteiger partial charge in [0.2, 0.25) is 5.91 Å². The summed E-state index contributed by atoms with van der Waals surface area (Å²) in [5, 5.41) is 24.3. The first-order chi connectivity index (χ1) is 14.6. The first-order valence-corrected chi connectivity index (χ1v) is 10.0. The zero-order valence-electron chi connectivity index (χ0n) is 17.7. The lowest BCUT2D eigenvalue weighted by molar-refractivity contribution is -0.136. The van der Waals surface area contributed by atoms with E-state index in [2.05, 4.69) is 10.6 Å². The molecule has 2 aromatic rings. The minimum Gasteiger partial charge on any atom is -0.507 e. The van der Waals surface area contributed by atoms with Crippen LogP contribution in [0.1, 0.15) is 48.2 Å². The summed E-state index contributed by atoms with van der Waals surface area (Å²) in [7, 11) is 0. The van der Waals surface area contributed by atoms with Gasteiger partial charge in [0.05, 0.1) is 12.0 Å². The van der Waals surface area contributed by atoms with Crippen LogP contribution in [-0.2, 0) is 15.2 Å². The van der Waals surface area contributed by atoms with Crippen LogP contribution in [0.5, 0.6) is 11.5 Å². The number of hydrogen-bond acceptors (Lipinski definition) is 5. The van der Waals surface area contributed by atoms with E-state index in [1.807, 2.05) is 39.0 Å². The van der Waals surface area contributed by atoms with Crippen molar-refractivity contribution in [3.63, 3.8) is 0 Å². The second kappa shape index (κ2) is 8.67. The smallest absolute Gasteiger partial charge is 0.305 e. The Kier molecular flexibility index (Phi) is 6.19. The van der Waals surface area contributed by atoms with Crippen LogP contribution in [0.4, 0.5) is 0 Å². The van der Waals surface area contributed by atoms with Crippen molar-refractivity contribution in [1.82, 2.24) is 10.6 Å². The van der Waals surface area contributed by atoms with Gasteiger partial charge < -0.3 is 25.6 Å². The van der Waals surface area contributed by atoms with Gasteiger partial charge in [0.25, 0.3) is 5.91 Å². The molecule has 0 spiro atoms. The van der Waals surface area contributed by atoms with Crippen LogP contribution in [-0.4, -0.2) is 41.1 Å². The van der Waals surface area contributed by atoms with Gasteiger partial charge >= 0.3 is 5.97 Å². The molecule has 0 aliphatic carbocycles. The lowest BCUT2D eigenvalue weighted by Gasteiger charge is -2.35. The van der Waals surface area contributed by atoms with Crippen molar-refractivity contribution in [2.45, 2.75) is 39.2 Å². The van der Waals surface area contributed by atoms with E-state index in [9.17, 15) is 19.5 Å². The van der Waals surface area contributed by atoms with Crippen molar-refractivity contribution >= 4 is 17.8 Å². The Bertz CT molecular complexity index is 1040. The van der Waals surface area contributed by atoms with Crippen LogP contribution in [0.3, 0.4) is 0 Å². The van der Waals surface area contributed by atoms with E-state index in [0.717, 1.165) is 16.7 Å². The van der Waals surface area contributed by atoms with Crippen molar-refractivity contribution in [1.29, 1.82) is 0 Å². The minimum atomic E-state index is -0.996. The molecule has 0 radical (unpaired) electrons. The molecule has 8 heteroatoms. The first kappa shape index (κ1) is 22.1. The Morgan fingerprint density at radius 1 is 1.03 bits per heavy atom. The number of carboxylic acids is 1. The predicted molar refractivity (Wildman–Crippen MR) is 114 cm³/mol. The molecule has 0 aromatic heterocycles. The number of nitrogens with one attached hydrogen (secondary N) is 2. The van der Waals surface area contributed by atoms with Crippen LogP contribution in [0.25, 0.3) is 11.1 Å². The van der Waals surface area contributed by atoms with Gasteiger partial charge in [0.15, 0.2) is 0 Å². The highest BCUT2D eigenvalue weighted by atomic mass is 16.5. The molecule has 1 aliphatic heterocycles. The summed E-state index contributed by atoms with van der Waals surface area (Å²) in [6, 6.07) is 8.93. The molecule has 31 heavy (non-hydrogen) atoms. The number of ether oxygens (including phenoxy) is 1. The molecule has 1 aliphatic rings. The highest BCUT2D eigenvalue weighted by molar-refractivity contribution is 5.97. The van der Waals surface area contributed by atoms with Crippen LogP contribution in [0, 0.1) is 6.92 Å². The Balaban J connectivity index is 1.72. The molecule has 0 fully saturated rings. The Labute approximate surface area is 180 Å². The Morgan fingerprint density at radius 3 is 2.45 bits per heavy atom. The summed E-state index contributed by atoms with van der Waals surface area (Å²) in [4.78, 5) is 34.7. The average molecular weight is 426 g/mol. The fourth-order valence-corrected chi connectivity index (χ4v) is 3.59. The number of aryl methyl sites for hydroxylation is 1. The van der Waals surface area contributed by atoms with Gasteiger partial charge in [-0.3, -0.25) is 14.4 Å². The molecule has 164 valence electrons. The summed E-state index contributed by atoms with van der Waals surface area (Å²) < 4.78 is 6.11. The zero-order valence-corrected chi connectivity index (χ0v) is 17.7. The van der Waals surface area contributed by atoms with Gasteiger partial charge in [0.1, 0.15) is 17.1 Å². The lowest BCUT2D eigenvalue weighted by atomic mass is 9.84. The number of phenolic OH excluding ortho intramolecular Hbond substituents is 1. The molecule has 4 N–H and O–H groups in total. The van der Waals surface area contributed by atoms with Crippen molar-refractivity contribution in [3.8, 4) is 22.6 Å². The molecular weight excluding hydrogens is 400 g/mol. The number of carboxylic acid groups (broad SMARTS) is 1. The largest absolute Gasteiger partial charge is 0.507 e. The number of aromatic hydroxyl groups is 1. The second-order valence-corrected chi connectivity index (χ2v) is 8.03. The quantitative estimate of drug-likeness (QED) is 0.540. The third-order valence-corrected chi connectivity index (χ3v) is 5.10. The van der Waals surface area contributed by atoms with E-state index in [0.29, 0.717) is 11.3 Å². The van der Waals surface area contributed by atoms with Crippen LogP contribution >= 0.6 is 0 Å². The molecule has 0 bridgehead atoms. The van der Waals surface area contributed by atoms with Crippen molar-refractivity contribution < 1.29 is 29.3 Å². The second-order valence-electron chi connectivity index (χ2n) is 8.03. The number of carbonyl (C=O) groups excluding carboxylic acids is 2.